The fraction of sp³-hybridized carbons (Fsp3) is 0.412. The van der Waals surface area contributed by atoms with Crippen molar-refractivity contribution in [3.05, 3.63) is 53.0 Å². The Bertz CT molecular complexity index is 576. The van der Waals surface area contributed by atoms with Crippen LogP contribution in [-0.4, -0.2) is 21.6 Å². The van der Waals surface area contributed by atoms with Gasteiger partial charge in [-0.3, -0.25) is 4.98 Å². The van der Waals surface area contributed by atoms with Gasteiger partial charge in [0.25, 0.3) is 0 Å². The number of anilines is 1. The summed E-state index contributed by atoms with van der Waals surface area (Å²) in [6, 6.07) is 9.98. The van der Waals surface area contributed by atoms with E-state index in [1.807, 2.05) is 37.3 Å². The van der Waals surface area contributed by atoms with Gasteiger partial charge in [0.1, 0.15) is 5.82 Å². The Balaban J connectivity index is 2.28. The minimum atomic E-state index is 0.0444. The summed E-state index contributed by atoms with van der Waals surface area (Å²) in [6.07, 6.45) is 0.862. The zero-order valence-corrected chi connectivity index (χ0v) is 13.0. The van der Waals surface area contributed by atoms with Crippen LogP contribution in [0.2, 0.25) is 0 Å². The summed E-state index contributed by atoms with van der Waals surface area (Å²) in [4.78, 5) is 11.4. The summed E-state index contributed by atoms with van der Waals surface area (Å²) in [6.45, 7) is 7.80. The Morgan fingerprint density at radius 3 is 2.52 bits per heavy atom. The zero-order chi connectivity index (χ0) is 15.2. The van der Waals surface area contributed by atoms with Gasteiger partial charge in [-0.1, -0.05) is 13.0 Å². The minimum absolute atomic E-state index is 0.0444. The first-order chi connectivity index (χ1) is 10.2. The number of hydrogen-bond acceptors (Lipinski definition) is 4. The van der Waals surface area contributed by atoms with Gasteiger partial charge in [-0.25, -0.2) is 4.98 Å². The zero-order valence-electron chi connectivity index (χ0n) is 13.0. The van der Waals surface area contributed by atoms with Crippen molar-refractivity contribution in [3.63, 3.8) is 0 Å². The van der Waals surface area contributed by atoms with Gasteiger partial charge in [-0.05, 0) is 50.1 Å². The molecule has 0 aliphatic carbocycles. The molecular weight excluding hydrogens is 262 g/mol. The van der Waals surface area contributed by atoms with E-state index in [0.717, 1.165) is 48.0 Å². The molecule has 0 saturated carbocycles. The first-order valence-electron chi connectivity index (χ1n) is 7.44. The van der Waals surface area contributed by atoms with E-state index in [1.54, 1.807) is 0 Å². The lowest BCUT2D eigenvalue weighted by atomic mass is 10.2. The molecule has 0 fully saturated rings. The maximum atomic E-state index is 9.40. The second-order valence-corrected chi connectivity index (χ2v) is 5.12. The number of aliphatic hydroxyl groups is 1. The summed E-state index contributed by atoms with van der Waals surface area (Å²) >= 11 is 0. The van der Waals surface area contributed by atoms with Gasteiger partial charge in [0.2, 0.25) is 0 Å². The monoisotopic (exact) mass is 285 g/mol. The molecular formula is C17H23N3O. The van der Waals surface area contributed by atoms with Crippen molar-refractivity contribution in [3.8, 4) is 0 Å². The predicted molar refractivity (Wildman–Crippen MR) is 85.2 cm³/mol. The molecule has 2 heterocycles. The average Bonchev–Trinajstić information content (AvgIpc) is 2.52. The van der Waals surface area contributed by atoms with E-state index >= 15 is 0 Å². The third kappa shape index (κ3) is 4.02. The van der Waals surface area contributed by atoms with Crippen LogP contribution < -0.4 is 4.90 Å². The van der Waals surface area contributed by atoms with Gasteiger partial charge in [0, 0.05) is 17.9 Å². The van der Waals surface area contributed by atoms with Crippen LogP contribution in [0.3, 0.4) is 0 Å². The van der Waals surface area contributed by atoms with Crippen LogP contribution in [-0.2, 0) is 19.6 Å². The highest BCUT2D eigenvalue weighted by atomic mass is 16.3. The van der Waals surface area contributed by atoms with E-state index in [0.29, 0.717) is 0 Å². The third-order valence-electron chi connectivity index (χ3n) is 3.47. The molecule has 0 bridgehead atoms. The summed E-state index contributed by atoms with van der Waals surface area (Å²) in [5.41, 5.74) is 3.97. The molecule has 0 radical (unpaired) electrons. The summed E-state index contributed by atoms with van der Waals surface area (Å²) in [5, 5.41) is 9.40. The molecule has 0 aromatic carbocycles. The number of rotatable bonds is 6. The molecule has 0 aliphatic heterocycles. The van der Waals surface area contributed by atoms with Crippen LogP contribution in [0.4, 0.5) is 5.82 Å². The molecule has 2 aromatic heterocycles. The quantitative estimate of drug-likeness (QED) is 0.886. The Morgan fingerprint density at radius 1 is 1.10 bits per heavy atom. The van der Waals surface area contributed by atoms with Gasteiger partial charge in [-0.2, -0.15) is 0 Å². The molecule has 0 saturated heterocycles. The van der Waals surface area contributed by atoms with Gasteiger partial charge in [-0.15, -0.1) is 0 Å². The van der Waals surface area contributed by atoms with E-state index in [2.05, 4.69) is 28.7 Å². The topological polar surface area (TPSA) is 49.2 Å². The number of pyridine rings is 2. The van der Waals surface area contributed by atoms with Gasteiger partial charge in [0.15, 0.2) is 0 Å². The Hall–Kier alpha value is -1.94. The van der Waals surface area contributed by atoms with Crippen molar-refractivity contribution in [2.75, 3.05) is 11.4 Å². The lowest BCUT2D eigenvalue weighted by Gasteiger charge is -2.23. The van der Waals surface area contributed by atoms with Crippen LogP contribution in [0.25, 0.3) is 0 Å². The van der Waals surface area contributed by atoms with Crippen molar-refractivity contribution in [1.29, 1.82) is 0 Å². The molecule has 1 N–H and O–H groups in total. The average molecular weight is 285 g/mol. The standard InChI is InChI=1S/C17H23N3O/c1-4-15-9-14(12-21)10-17(19-15)20(5-2)11-16-8-6-7-13(3)18-16/h6-10,21H,4-5,11-12H2,1-3H3. The fourth-order valence-electron chi connectivity index (χ4n) is 2.31. The highest BCUT2D eigenvalue weighted by Gasteiger charge is 2.10. The SMILES string of the molecule is CCc1cc(CO)cc(N(CC)Cc2cccc(C)n2)n1. The minimum Gasteiger partial charge on any atom is -0.392 e. The summed E-state index contributed by atoms with van der Waals surface area (Å²) in [7, 11) is 0. The number of aliphatic hydroxyl groups excluding tert-OH is 1. The molecule has 0 unspecified atom stereocenters. The van der Waals surface area contributed by atoms with Crippen molar-refractivity contribution in [2.24, 2.45) is 0 Å². The molecule has 0 aliphatic rings. The van der Waals surface area contributed by atoms with E-state index < -0.39 is 0 Å². The van der Waals surface area contributed by atoms with Gasteiger partial charge in [0.05, 0.1) is 18.8 Å². The first kappa shape index (κ1) is 15.4. The highest BCUT2D eigenvalue weighted by molar-refractivity contribution is 5.43. The van der Waals surface area contributed by atoms with Crippen LogP contribution in [0.1, 0.15) is 36.5 Å². The van der Waals surface area contributed by atoms with Crippen molar-refractivity contribution < 1.29 is 5.11 Å². The highest BCUT2D eigenvalue weighted by Crippen LogP contribution is 2.18. The molecule has 0 spiro atoms. The van der Waals surface area contributed by atoms with Crippen LogP contribution in [0.5, 0.6) is 0 Å². The Morgan fingerprint density at radius 2 is 1.90 bits per heavy atom. The molecule has 21 heavy (non-hydrogen) atoms. The second-order valence-electron chi connectivity index (χ2n) is 5.12. The van der Waals surface area contributed by atoms with E-state index in [-0.39, 0.29) is 6.61 Å². The molecule has 2 rings (SSSR count). The lowest BCUT2D eigenvalue weighted by Crippen LogP contribution is -2.24. The van der Waals surface area contributed by atoms with Crippen LogP contribution in [0, 0.1) is 6.92 Å². The van der Waals surface area contributed by atoms with E-state index in [1.165, 1.54) is 0 Å². The second kappa shape index (κ2) is 7.18. The molecule has 112 valence electrons. The largest absolute Gasteiger partial charge is 0.392 e. The Labute approximate surface area is 126 Å². The van der Waals surface area contributed by atoms with Crippen molar-refractivity contribution in [2.45, 2.75) is 40.3 Å². The van der Waals surface area contributed by atoms with Crippen molar-refractivity contribution >= 4 is 5.82 Å². The van der Waals surface area contributed by atoms with Crippen LogP contribution >= 0.6 is 0 Å². The van der Waals surface area contributed by atoms with E-state index in [9.17, 15) is 5.11 Å². The van der Waals surface area contributed by atoms with Gasteiger partial charge >= 0.3 is 0 Å². The Kier molecular flexibility index (Phi) is 5.28. The summed E-state index contributed by atoms with van der Waals surface area (Å²) < 4.78 is 0. The molecule has 4 nitrogen and oxygen atoms in total. The maximum absolute atomic E-state index is 9.40. The molecule has 0 atom stereocenters. The fourth-order valence-corrected chi connectivity index (χ4v) is 2.31. The smallest absolute Gasteiger partial charge is 0.129 e. The maximum Gasteiger partial charge on any atom is 0.129 e. The normalized spacial score (nSPS) is 10.7. The predicted octanol–water partition coefficient (Wildman–Crippen LogP) is 2.87. The number of aryl methyl sites for hydroxylation is 2. The van der Waals surface area contributed by atoms with Crippen molar-refractivity contribution in [1.82, 2.24) is 9.97 Å². The first-order valence-corrected chi connectivity index (χ1v) is 7.44. The molecule has 2 aromatic rings. The molecule has 4 heteroatoms. The van der Waals surface area contributed by atoms with Crippen LogP contribution in [0.15, 0.2) is 30.3 Å². The third-order valence-corrected chi connectivity index (χ3v) is 3.47. The number of hydrogen-bond donors (Lipinski definition) is 1. The van der Waals surface area contributed by atoms with Gasteiger partial charge < -0.3 is 10.0 Å². The number of nitrogens with zero attached hydrogens (tertiary/aromatic N) is 3. The van der Waals surface area contributed by atoms with E-state index in [4.69, 9.17) is 0 Å². The summed E-state index contributed by atoms with van der Waals surface area (Å²) in [5.74, 6) is 0.907. The lowest BCUT2D eigenvalue weighted by molar-refractivity contribution is 0.281. The molecule has 0 amide bonds. The number of aromatic nitrogens is 2.